The minimum Gasteiger partial charge on any atom is -0.392 e. The van der Waals surface area contributed by atoms with E-state index in [9.17, 15) is 0 Å². The summed E-state index contributed by atoms with van der Waals surface area (Å²) < 4.78 is 0. The summed E-state index contributed by atoms with van der Waals surface area (Å²) in [4.78, 5) is 0. The highest BCUT2D eigenvalue weighted by Crippen LogP contribution is 1.46. The van der Waals surface area contributed by atoms with Gasteiger partial charge < -0.3 is 5.11 Å². The van der Waals surface area contributed by atoms with E-state index >= 15 is 0 Å². The first-order chi connectivity index (χ1) is 1.91. The van der Waals surface area contributed by atoms with Gasteiger partial charge in [0.15, 0.2) is 0 Å². The van der Waals surface area contributed by atoms with Crippen LogP contribution in [0.25, 0.3) is 0 Å². The largest absolute Gasteiger partial charge is 0.392 e. The van der Waals surface area contributed by atoms with Crippen molar-refractivity contribution in [3.63, 3.8) is 0 Å². The normalized spacial score (nSPS) is 5.00. The van der Waals surface area contributed by atoms with Gasteiger partial charge in [0.25, 0.3) is 0 Å². The quantitative estimate of drug-likeness (QED) is 0.423. The Labute approximate surface area is 31.1 Å². The van der Waals surface area contributed by atoms with Gasteiger partial charge in [0.1, 0.15) is 0 Å². The lowest BCUT2D eigenvalue weighted by Gasteiger charge is -1.60. The molecule has 0 aliphatic heterocycles. The Bertz CT molecular complexity index is 18.9. The smallest absolute Gasteiger partial charge is 0.0609 e. The third-order valence-electron chi connectivity index (χ3n) is 0.129. The average molecular weight is 75.1 g/mol. The molecule has 0 atom stereocenters. The maximum atomic E-state index is 7.76. The maximum absolute atomic E-state index is 7.76. The van der Waals surface area contributed by atoms with Gasteiger partial charge in [-0.05, 0) is 0 Å². The molecule has 1 radical (unpaired) electrons. The Morgan fingerprint density at radius 2 is 2.00 bits per heavy atom. The van der Waals surface area contributed by atoms with Crippen molar-refractivity contribution in [1.29, 1.82) is 0 Å². The Morgan fingerprint density at radius 1 is 1.80 bits per heavy atom. The predicted octanol–water partition coefficient (Wildman–Crippen LogP) is -0.0121. The van der Waals surface area contributed by atoms with Crippen LogP contribution in [0.5, 0.6) is 0 Å². The van der Waals surface area contributed by atoms with Gasteiger partial charge in [-0.2, -0.15) is 0 Å². The molecule has 0 rings (SSSR count). The summed E-state index contributed by atoms with van der Waals surface area (Å²) >= 11 is 0. The zero-order valence-electron chi connectivity index (χ0n) is 2.89. The lowest BCUT2D eigenvalue weighted by molar-refractivity contribution is 0.343. The van der Waals surface area contributed by atoms with Crippen molar-refractivity contribution in [2.75, 3.05) is 6.61 Å². The van der Waals surface area contributed by atoms with E-state index in [1.54, 1.807) is 0 Å². The van der Waals surface area contributed by atoms with Crippen LogP contribution in [0.3, 0.4) is 0 Å². The minimum absolute atomic E-state index is 0. The van der Waals surface area contributed by atoms with Crippen molar-refractivity contribution in [2.24, 2.45) is 0 Å². The molecule has 0 bridgehead atoms. The van der Waals surface area contributed by atoms with E-state index in [4.69, 9.17) is 5.11 Å². The third kappa shape index (κ3) is 23.2. The van der Waals surface area contributed by atoms with E-state index in [2.05, 4.69) is 6.58 Å². The predicted molar refractivity (Wildman–Crippen MR) is 19.2 cm³/mol. The average Bonchev–Trinajstić information content (AvgIpc) is 1.37. The van der Waals surface area contributed by atoms with Crippen LogP contribution in [0.1, 0.15) is 0 Å². The molecular formula is C3H7O2. The van der Waals surface area contributed by atoms with Crippen LogP contribution in [0, 0.1) is 0 Å². The molecule has 0 aromatic rings. The molecule has 0 amide bonds. The van der Waals surface area contributed by atoms with Crippen molar-refractivity contribution >= 4 is 0 Å². The fraction of sp³-hybridized carbons (Fsp3) is 0.333. The molecule has 2 nitrogen and oxygen atoms in total. The topological polar surface area (TPSA) is 50.2 Å². The molecule has 0 aliphatic carbocycles. The standard InChI is InChI=1S/C3H6O.HO/c1-2-3-4;/h2,4H,1,3H2;1H. The lowest BCUT2D eigenvalue weighted by Crippen LogP contribution is -1.62. The van der Waals surface area contributed by atoms with Crippen molar-refractivity contribution in [2.45, 2.75) is 0 Å². The van der Waals surface area contributed by atoms with Crippen molar-refractivity contribution in [3.05, 3.63) is 12.7 Å². The first-order valence-electron chi connectivity index (χ1n) is 1.13. The van der Waals surface area contributed by atoms with Crippen LogP contribution < -0.4 is 0 Å². The summed E-state index contributed by atoms with van der Waals surface area (Å²) in [5, 5.41) is 7.76. The van der Waals surface area contributed by atoms with Gasteiger partial charge in [0.05, 0.1) is 6.61 Å². The van der Waals surface area contributed by atoms with Crippen LogP contribution in [0.15, 0.2) is 12.7 Å². The van der Waals surface area contributed by atoms with E-state index < -0.39 is 0 Å². The number of rotatable bonds is 1. The summed E-state index contributed by atoms with van der Waals surface area (Å²) in [6, 6.07) is 0. The Kier molecular flexibility index (Phi) is 16.6. The Hall–Kier alpha value is -0.340. The van der Waals surface area contributed by atoms with E-state index in [-0.39, 0.29) is 12.1 Å². The highest BCUT2D eigenvalue weighted by molar-refractivity contribution is 4.60. The van der Waals surface area contributed by atoms with Crippen molar-refractivity contribution in [3.8, 4) is 0 Å². The number of aliphatic hydroxyl groups excluding tert-OH is 1. The number of hydrogen-bond acceptors (Lipinski definition) is 1. The molecule has 0 spiro atoms. The lowest BCUT2D eigenvalue weighted by atomic mass is 10.7. The number of aliphatic hydroxyl groups is 1. The van der Waals surface area contributed by atoms with E-state index in [1.165, 1.54) is 6.08 Å². The fourth-order valence-corrected chi connectivity index (χ4v) is 0. The molecule has 31 valence electrons. The summed E-state index contributed by atoms with van der Waals surface area (Å²) in [6.45, 7) is 3.31. The van der Waals surface area contributed by atoms with Crippen LogP contribution >= 0.6 is 0 Å². The van der Waals surface area contributed by atoms with Crippen molar-refractivity contribution in [1.82, 2.24) is 0 Å². The van der Waals surface area contributed by atoms with Crippen molar-refractivity contribution < 1.29 is 10.6 Å². The summed E-state index contributed by atoms with van der Waals surface area (Å²) in [7, 11) is 0. The summed E-state index contributed by atoms with van der Waals surface area (Å²) in [6.07, 6.45) is 1.43. The molecule has 2 heteroatoms. The highest BCUT2D eigenvalue weighted by Gasteiger charge is 1.45. The first kappa shape index (κ1) is 8.82. The van der Waals surface area contributed by atoms with Crippen LogP contribution in [0.4, 0.5) is 0 Å². The molecule has 5 heavy (non-hydrogen) atoms. The van der Waals surface area contributed by atoms with Gasteiger partial charge in [-0.3, -0.25) is 5.48 Å². The van der Waals surface area contributed by atoms with Gasteiger partial charge in [-0.25, -0.2) is 0 Å². The van der Waals surface area contributed by atoms with E-state index in [0.717, 1.165) is 0 Å². The van der Waals surface area contributed by atoms with Gasteiger partial charge in [0, 0.05) is 0 Å². The SMILES string of the molecule is C=CCO.[OH]. The van der Waals surface area contributed by atoms with Gasteiger partial charge in [0.2, 0.25) is 0 Å². The second kappa shape index (κ2) is 9.40. The van der Waals surface area contributed by atoms with Crippen LogP contribution in [-0.4, -0.2) is 17.2 Å². The maximum Gasteiger partial charge on any atom is 0.0609 e. The second-order valence-corrected chi connectivity index (χ2v) is 0.471. The zero-order chi connectivity index (χ0) is 3.41. The van der Waals surface area contributed by atoms with Crippen LogP contribution in [-0.2, 0) is 0 Å². The summed E-state index contributed by atoms with van der Waals surface area (Å²) in [5.74, 6) is 0. The molecule has 0 aromatic carbocycles. The first-order valence-corrected chi connectivity index (χ1v) is 1.13. The second-order valence-electron chi connectivity index (χ2n) is 0.471. The molecule has 0 aromatic heterocycles. The van der Waals surface area contributed by atoms with E-state index in [1.807, 2.05) is 0 Å². The van der Waals surface area contributed by atoms with Gasteiger partial charge in [-0.15, -0.1) is 6.58 Å². The molecular weight excluding hydrogens is 68.0 g/mol. The molecule has 0 aliphatic rings. The monoisotopic (exact) mass is 75.0 g/mol. The molecule has 0 saturated carbocycles. The zero-order valence-corrected chi connectivity index (χ0v) is 2.89. The summed E-state index contributed by atoms with van der Waals surface area (Å²) in [5.41, 5.74) is 0. The van der Waals surface area contributed by atoms with Gasteiger partial charge in [-0.1, -0.05) is 6.08 Å². The minimum atomic E-state index is 0. The van der Waals surface area contributed by atoms with Crippen LogP contribution in [0.2, 0.25) is 0 Å². The number of hydrogen-bond donors (Lipinski definition) is 2. The molecule has 0 unspecified atom stereocenters. The molecule has 2 N–H and O–H groups in total. The Balaban J connectivity index is 0. The van der Waals surface area contributed by atoms with Gasteiger partial charge >= 0.3 is 0 Å². The third-order valence-corrected chi connectivity index (χ3v) is 0.129. The Morgan fingerprint density at radius 3 is 2.00 bits per heavy atom. The fourth-order valence-electron chi connectivity index (χ4n) is 0. The highest BCUT2D eigenvalue weighted by atomic mass is 16.2. The molecule has 0 fully saturated rings. The molecule has 0 saturated heterocycles. The van der Waals surface area contributed by atoms with E-state index in [0.29, 0.717) is 0 Å². The molecule has 0 heterocycles.